The van der Waals surface area contributed by atoms with Crippen LogP contribution in [0.3, 0.4) is 0 Å². The molecule has 0 radical (unpaired) electrons. The predicted octanol–water partition coefficient (Wildman–Crippen LogP) is 1.49. The van der Waals surface area contributed by atoms with Gasteiger partial charge in [-0.15, -0.1) is 0 Å². The molecule has 2 N–H and O–H groups in total. The van der Waals surface area contributed by atoms with Crippen LogP contribution in [-0.4, -0.2) is 10.8 Å². The maximum absolute atomic E-state index is 11.6. The van der Waals surface area contributed by atoms with Crippen LogP contribution in [0.5, 0.6) is 0 Å². The summed E-state index contributed by atoms with van der Waals surface area (Å²) in [6.45, 7) is 0. The number of nitrogen functional groups attached to an aromatic ring is 1. The molecule has 0 saturated carbocycles. The number of hydrogen-bond acceptors (Lipinski definition) is 4. The Kier molecular flexibility index (Phi) is 2.02. The highest BCUT2D eigenvalue weighted by molar-refractivity contribution is 6.05. The fourth-order valence-corrected chi connectivity index (χ4v) is 1.10. The number of rotatable bonds is 2. The molecule has 0 spiro atoms. The van der Waals surface area contributed by atoms with E-state index in [1.807, 2.05) is 0 Å². The fourth-order valence-electron chi connectivity index (χ4n) is 1.10. The van der Waals surface area contributed by atoms with Crippen molar-refractivity contribution in [2.45, 2.75) is 0 Å². The predicted molar refractivity (Wildman–Crippen MR) is 50.8 cm³/mol. The van der Waals surface area contributed by atoms with Gasteiger partial charge in [0, 0.05) is 12.3 Å². The lowest BCUT2D eigenvalue weighted by molar-refractivity contribution is 0.101. The van der Waals surface area contributed by atoms with E-state index in [4.69, 9.17) is 10.2 Å². The molecule has 0 bridgehead atoms. The van der Waals surface area contributed by atoms with Crippen LogP contribution in [0.2, 0.25) is 0 Å². The molecule has 0 unspecified atom stereocenters. The second-order valence-corrected chi connectivity index (χ2v) is 2.75. The summed E-state index contributed by atoms with van der Waals surface area (Å²) in [5.41, 5.74) is 5.70. The molecule has 4 nitrogen and oxygen atoms in total. The molecule has 0 aliphatic carbocycles. The number of pyridine rings is 1. The number of nitrogens with two attached hydrogens (primary N) is 1. The maximum atomic E-state index is 11.6. The summed E-state index contributed by atoms with van der Waals surface area (Å²) >= 11 is 0. The van der Waals surface area contributed by atoms with E-state index in [9.17, 15) is 4.79 Å². The molecular formula is C10H8N2O2. The minimum absolute atomic E-state index is 0.209. The van der Waals surface area contributed by atoms with Gasteiger partial charge >= 0.3 is 0 Å². The van der Waals surface area contributed by atoms with Crippen molar-refractivity contribution in [2.24, 2.45) is 0 Å². The minimum atomic E-state index is -0.262. The summed E-state index contributed by atoms with van der Waals surface area (Å²) in [4.78, 5) is 15.6. The van der Waals surface area contributed by atoms with Crippen molar-refractivity contribution >= 4 is 11.7 Å². The second kappa shape index (κ2) is 3.33. The summed E-state index contributed by atoms with van der Waals surface area (Å²) in [5, 5.41) is 0. The monoisotopic (exact) mass is 188 g/mol. The van der Waals surface area contributed by atoms with Gasteiger partial charge in [0.2, 0.25) is 5.78 Å². The van der Waals surface area contributed by atoms with Crippen LogP contribution in [0.15, 0.2) is 40.9 Å². The highest BCUT2D eigenvalue weighted by Crippen LogP contribution is 2.12. The maximum Gasteiger partial charge on any atom is 0.246 e. The largest absolute Gasteiger partial charge is 0.437 e. The molecule has 2 aromatic rings. The van der Waals surface area contributed by atoms with Gasteiger partial charge in [-0.05, 0) is 18.2 Å². The van der Waals surface area contributed by atoms with Crippen LogP contribution >= 0.6 is 0 Å². The Morgan fingerprint density at radius 3 is 2.71 bits per heavy atom. The molecule has 4 heteroatoms. The quantitative estimate of drug-likeness (QED) is 0.725. The van der Waals surface area contributed by atoms with Crippen molar-refractivity contribution in [3.8, 4) is 0 Å². The van der Waals surface area contributed by atoms with E-state index in [0.29, 0.717) is 5.69 Å². The molecule has 14 heavy (non-hydrogen) atoms. The summed E-state index contributed by atoms with van der Waals surface area (Å²) in [6, 6.07) is 8.18. The molecule has 0 atom stereocenters. The first kappa shape index (κ1) is 8.50. The zero-order valence-corrected chi connectivity index (χ0v) is 7.31. The number of carbonyl (C=O) groups excluding carboxylic acids is 1. The topological polar surface area (TPSA) is 69.1 Å². The number of hydrogen-bond donors (Lipinski definition) is 1. The molecule has 0 saturated heterocycles. The lowest BCUT2D eigenvalue weighted by atomic mass is 10.2. The van der Waals surface area contributed by atoms with Crippen molar-refractivity contribution in [1.29, 1.82) is 0 Å². The average molecular weight is 188 g/mol. The van der Waals surface area contributed by atoms with E-state index in [0.717, 1.165) is 0 Å². The number of carbonyl (C=O) groups is 1. The standard InChI is InChI=1S/C10H8N2O2/c11-9-5-4-8(14-9)10(13)7-3-1-2-6-12-7/h1-6H,11H2. The van der Waals surface area contributed by atoms with Crippen LogP contribution in [0, 0.1) is 0 Å². The average Bonchev–Trinajstić information content (AvgIpc) is 2.65. The number of aromatic nitrogens is 1. The zero-order chi connectivity index (χ0) is 9.97. The van der Waals surface area contributed by atoms with Gasteiger partial charge in [0.05, 0.1) is 0 Å². The molecule has 0 fully saturated rings. The van der Waals surface area contributed by atoms with Gasteiger partial charge in [0.15, 0.2) is 11.6 Å². The summed E-state index contributed by atoms with van der Waals surface area (Å²) in [6.07, 6.45) is 1.56. The summed E-state index contributed by atoms with van der Waals surface area (Å²) < 4.78 is 4.99. The van der Waals surface area contributed by atoms with E-state index in [1.165, 1.54) is 12.1 Å². The van der Waals surface area contributed by atoms with Crippen molar-refractivity contribution in [2.75, 3.05) is 5.73 Å². The SMILES string of the molecule is Nc1ccc(C(=O)c2ccccn2)o1. The molecule has 0 aliphatic rings. The number of anilines is 1. The van der Waals surface area contributed by atoms with E-state index in [2.05, 4.69) is 4.98 Å². The molecule has 2 rings (SSSR count). The second-order valence-electron chi connectivity index (χ2n) is 2.75. The highest BCUT2D eigenvalue weighted by atomic mass is 16.4. The Labute approximate surface area is 80.4 Å². The van der Waals surface area contributed by atoms with Crippen LogP contribution < -0.4 is 5.73 Å². The first-order valence-corrected chi connectivity index (χ1v) is 4.08. The van der Waals surface area contributed by atoms with Gasteiger partial charge in [-0.3, -0.25) is 9.78 Å². The number of ketones is 1. The molecular weight excluding hydrogens is 180 g/mol. The normalized spacial score (nSPS) is 10.0. The molecule has 0 amide bonds. The van der Waals surface area contributed by atoms with Gasteiger partial charge in [0.1, 0.15) is 5.69 Å². The Morgan fingerprint density at radius 1 is 1.29 bits per heavy atom. The Balaban J connectivity index is 2.34. The molecule has 2 heterocycles. The van der Waals surface area contributed by atoms with E-state index < -0.39 is 0 Å². The fraction of sp³-hybridized carbons (Fsp3) is 0. The summed E-state index contributed by atoms with van der Waals surface area (Å²) in [5.74, 6) is 0.174. The Hall–Kier alpha value is -2.10. The highest BCUT2D eigenvalue weighted by Gasteiger charge is 2.13. The van der Waals surface area contributed by atoms with Crippen LogP contribution in [0.1, 0.15) is 16.2 Å². The lowest BCUT2D eigenvalue weighted by Gasteiger charge is -1.94. The zero-order valence-electron chi connectivity index (χ0n) is 7.31. The van der Waals surface area contributed by atoms with Crippen LogP contribution in [-0.2, 0) is 0 Å². The van der Waals surface area contributed by atoms with E-state index in [1.54, 1.807) is 24.4 Å². The smallest absolute Gasteiger partial charge is 0.246 e. The molecule has 2 aromatic heterocycles. The third-order valence-electron chi connectivity index (χ3n) is 1.75. The molecule has 0 aliphatic heterocycles. The third-order valence-corrected chi connectivity index (χ3v) is 1.75. The Morgan fingerprint density at radius 2 is 2.14 bits per heavy atom. The number of nitrogens with zero attached hydrogens (tertiary/aromatic N) is 1. The van der Waals surface area contributed by atoms with Crippen LogP contribution in [0.4, 0.5) is 5.88 Å². The van der Waals surface area contributed by atoms with Crippen molar-refractivity contribution < 1.29 is 9.21 Å². The van der Waals surface area contributed by atoms with Gasteiger partial charge in [0.25, 0.3) is 0 Å². The third kappa shape index (κ3) is 1.50. The molecule has 70 valence electrons. The van der Waals surface area contributed by atoms with E-state index in [-0.39, 0.29) is 17.4 Å². The van der Waals surface area contributed by atoms with Gasteiger partial charge in [-0.1, -0.05) is 6.07 Å². The van der Waals surface area contributed by atoms with Gasteiger partial charge < -0.3 is 10.2 Å². The lowest BCUT2D eigenvalue weighted by Crippen LogP contribution is -2.01. The minimum Gasteiger partial charge on any atom is -0.437 e. The first-order valence-electron chi connectivity index (χ1n) is 4.08. The summed E-state index contributed by atoms with van der Waals surface area (Å²) in [7, 11) is 0. The molecule has 0 aromatic carbocycles. The van der Waals surface area contributed by atoms with Crippen LogP contribution in [0.25, 0.3) is 0 Å². The first-order chi connectivity index (χ1) is 6.77. The van der Waals surface area contributed by atoms with Crippen molar-refractivity contribution in [3.05, 3.63) is 48.0 Å². The van der Waals surface area contributed by atoms with Crippen molar-refractivity contribution in [1.82, 2.24) is 4.98 Å². The Bertz CT molecular complexity index is 448. The van der Waals surface area contributed by atoms with Gasteiger partial charge in [-0.25, -0.2) is 0 Å². The van der Waals surface area contributed by atoms with Gasteiger partial charge in [-0.2, -0.15) is 0 Å². The van der Waals surface area contributed by atoms with Crippen molar-refractivity contribution in [3.63, 3.8) is 0 Å². The van der Waals surface area contributed by atoms with E-state index >= 15 is 0 Å². The number of furan rings is 1.